The molecule has 2 aliphatic rings. The summed E-state index contributed by atoms with van der Waals surface area (Å²) in [6.07, 6.45) is 2.81. The molecule has 9 nitrogen and oxygen atoms in total. The number of aromatic nitrogens is 3. The highest BCUT2D eigenvalue weighted by molar-refractivity contribution is 5.95. The molecule has 2 bridgehead atoms. The van der Waals surface area contributed by atoms with E-state index in [1.54, 1.807) is 17.2 Å². The van der Waals surface area contributed by atoms with E-state index in [2.05, 4.69) is 16.5 Å². The standard InChI is InChI=1S/C33H32F3N5O4/c1-6-27(42)39-15-19(5)40(16-18(39)4)32-21-13-24(36)20-14-25(21)41(33(43)38-32)30-26(9-10-37-29(30)17(2)3)44-11-12-45-31-23(35)8-7-22(34)28(20)31/h6-10,13-14,17-19H,1,11-12,15-16H2,2-5H3/t18-,19+/m1/s1. The van der Waals surface area contributed by atoms with Crippen molar-refractivity contribution in [3.63, 3.8) is 0 Å². The molecule has 4 heterocycles. The second kappa shape index (κ2) is 11.6. The Morgan fingerprint density at radius 1 is 1.02 bits per heavy atom. The first kappa shape index (κ1) is 30.2. The zero-order valence-electron chi connectivity index (χ0n) is 25.3. The minimum Gasteiger partial charge on any atom is -0.488 e. The van der Waals surface area contributed by atoms with Crippen LogP contribution in [0, 0.1) is 17.5 Å². The molecule has 0 N–H and O–H groups in total. The van der Waals surface area contributed by atoms with Gasteiger partial charge in [0, 0.05) is 48.4 Å². The largest absolute Gasteiger partial charge is 0.488 e. The first-order valence-electron chi connectivity index (χ1n) is 14.7. The molecule has 2 aliphatic heterocycles. The maximum Gasteiger partial charge on any atom is 0.354 e. The van der Waals surface area contributed by atoms with Crippen molar-refractivity contribution < 1.29 is 27.4 Å². The van der Waals surface area contributed by atoms with Crippen LogP contribution in [0.3, 0.4) is 0 Å². The Balaban J connectivity index is 1.70. The van der Waals surface area contributed by atoms with Crippen LogP contribution < -0.4 is 20.1 Å². The molecule has 0 aliphatic carbocycles. The number of pyridine rings is 1. The maximum absolute atomic E-state index is 16.2. The minimum atomic E-state index is -0.902. The summed E-state index contributed by atoms with van der Waals surface area (Å²) in [5.41, 5.74) is -0.400. The molecule has 1 fully saturated rings. The number of carbonyl (C=O) groups is 1. The SMILES string of the molecule is C=CC(=O)N1C[C@H](C)N(c2nc(=O)n3c4cc(c(F)cc24)-c2c(F)ccc(F)c2OCCOc2ccnc(C(C)C)c2-3)C[C@H]1C. The lowest BCUT2D eigenvalue weighted by atomic mass is 9.99. The molecular formula is C33H32F3N5O4. The van der Waals surface area contributed by atoms with Crippen molar-refractivity contribution in [2.75, 3.05) is 31.2 Å². The van der Waals surface area contributed by atoms with Gasteiger partial charge in [-0.05, 0) is 50.1 Å². The lowest BCUT2D eigenvalue weighted by Gasteiger charge is -2.44. The van der Waals surface area contributed by atoms with Crippen molar-refractivity contribution in [2.45, 2.75) is 45.7 Å². The molecular weight excluding hydrogens is 587 g/mol. The van der Waals surface area contributed by atoms with Crippen molar-refractivity contribution in [3.05, 3.63) is 82.8 Å². The molecule has 0 spiro atoms. The quantitative estimate of drug-likeness (QED) is 0.285. The highest BCUT2D eigenvalue weighted by atomic mass is 19.1. The fourth-order valence-corrected chi connectivity index (χ4v) is 6.14. The molecule has 0 saturated carbocycles. The molecule has 12 heteroatoms. The number of piperazine rings is 1. The fraction of sp³-hybridized carbons (Fsp3) is 0.333. The van der Waals surface area contributed by atoms with Crippen molar-refractivity contribution >= 4 is 22.6 Å². The Morgan fingerprint density at radius 2 is 1.76 bits per heavy atom. The van der Waals surface area contributed by atoms with Crippen LogP contribution >= 0.6 is 0 Å². The van der Waals surface area contributed by atoms with Crippen LogP contribution in [-0.4, -0.2) is 63.7 Å². The van der Waals surface area contributed by atoms with Crippen LogP contribution in [0.4, 0.5) is 19.0 Å². The number of hydrogen-bond donors (Lipinski definition) is 0. The summed E-state index contributed by atoms with van der Waals surface area (Å²) in [4.78, 5) is 39.2. The third kappa shape index (κ3) is 5.07. The Labute approximate surface area is 257 Å². The van der Waals surface area contributed by atoms with Gasteiger partial charge in [0.2, 0.25) is 5.91 Å². The second-order valence-corrected chi connectivity index (χ2v) is 11.6. The summed E-state index contributed by atoms with van der Waals surface area (Å²) >= 11 is 0. The molecule has 4 aromatic rings. The fourth-order valence-electron chi connectivity index (χ4n) is 6.14. The van der Waals surface area contributed by atoms with E-state index in [1.807, 2.05) is 32.6 Å². The van der Waals surface area contributed by atoms with Gasteiger partial charge >= 0.3 is 5.69 Å². The number of rotatable bonds is 3. The van der Waals surface area contributed by atoms with Gasteiger partial charge in [0.05, 0.1) is 16.8 Å². The van der Waals surface area contributed by atoms with E-state index in [0.717, 1.165) is 12.1 Å². The topological polar surface area (TPSA) is 89.8 Å². The van der Waals surface area contributed by atoms with Gasteiger partial charge in [0.25, 0.3) is 0 Å². The van der Waals surface area contributed by atoms with Gasteiger partial charge in [-0.3, -0.25) is 14.3 Å². The van der Waals surface area contributed by atoms with Gasteiger partial charge in [-0.15, -0.1) is 0 Å². The first-order valence-corrected chi connectivity index (χ1v) is 14.7. The highest BCUT2D eigenvalue weighted by Gasteiger charge is 2.34. The Morgan fingerprint density at radius 3 is 2.49 bits per heavy atom. The Kier molecular flexibility index (Phi) is 7.75. The third-order valence-electron chi connectivity index (χ3n) is 8.28. The molecule has 1 amide bonds. The predicted molar refractivity (Wildman–Crippen MR) is 164 cm³/mol. The first-order chi connectivity index (χ1) is 21.5. The van der Waals surface area contributed by atoms with Crippen LogP contribution in [0.2, 0.25) is 0 Å². The van der Waals surface area contributed by atoms with Crippen molar-refractivity contribution in [3.8, 4) is 28.3 Å². The van der Waals surface area contributed by atoms with Crippen molar-refractivity contribution in [1.82, 2.24) is 19.4 Å². The van der Waals surface area contributed by atoms with Gasteiger partial charge in [0.1, 0.15) is 42.1 Å². The predicted octanol–water partition coefficient (Wildman–Crippen LogP) is 5.37. The number of ether oxygens (including phenoxy) is 2. The van der Waals surface area contributed by atoms with Gasteiger partial charge in [-0.2, -0.15) is 4.98 Å². The molecule has 234 valence electrons. The van der Waals surface area contributed by atoms with E-state index in [4.69, 9.17) is 9.47 Å². The van der Waals surface area contributed by atoms with Crippen LogP contribution in [0.25, 0.3) is 27.7 Å². The molecule has 1 saturated heterocycles. The Bertz CT molecular complexity index is 1910. The van der Waals surface area contributed by atoms with Crippen LogP contribution in [0.1, 0.15) is 39.3 Å². The zero-order chi connectivity index (χ0) is 32.2. The summed E-state index contributed by atoms with van der Waals surface area (Å²) < 4.78 is 59.7. The number of halogens is 3. The summed E-state index contributed by atoms with van der Waals surface area (Å²) in [7, 11) is 0. The molecule has 45 heavy (non-hydrogen) atoms. The van der Waals surface area contributed by atoms with E-state index in [9.17, 15) is 9.59 Å². The van der Waals surface area contributed by atoms with Crippen LogP contribution in [0.5, 0.6) is 11.5 Å². The van der Waals surface area contributed by atoms with Gasteiger partial charge in [-0.25, -0.2) is 18.0 Å². The zero-order valence-corrected chi connectivity index (χ0v) is 25.3. The van der Waals surface area contributed by atoms with Crippen molar-refractivity contribution in [1.29, 1.82) is 0 Å². The van der Waals surface area contributed by atoms with Gasteiger partial charge in [-0.1, -0.05) is 20.4 Å². The highest BCUT2D eigenvalue weighted by Crippen LogP contribution is 2.41. The van der Waals surface area contributed by atoms with Gasteiger partial charge < -0.3 is 19.3 Å². The smallest absolute Gasteiger partial charge is 0.354 e. The average Bonchev–Trinajstić information content (AvgIpc) is 3.00. The molecule has 2 aromatic heterocycles. The van der Waals surface area contributed by atoms with Crippen LogP contribution in [0.15, 0.2) is 54.0 Å². The number of amides is 1. The minimum absolute atomic E-state index is 0.0904. The number of nitrogens with zero attached hydrogens (tertiary/aromatic N) is 5. The monoisotopic (exact) mass is 619 g/mol. The van der Waals surface area contributed by atoms with E-state index in [1.165, 1.54) is 22.8 Å². The number of hydrogen-bond acceptors (Lipinski definition) is 7. The lowest BCUT2D eigenvalue weighted by molar-refractivity contribution is -0.128. The van der Waals surface area contributed by atoms with Crippen molar-refractivity contribution in [2.24, 2.45) is 0 Å². The summed E-state index contributed by atoms with van der Waals surface area (Å²) in [5.74, 6) is -3.02. The van der Waals surface area contributed by atoms with E-state index in [-0.39, 0.29) is 59.4 Å². The Hall–Kier alpha value is -4.87. The van der Waals surface area contributed by atoms with E-state index < -0.39 is 34.5 Å². The van der Waals surface area contributed by atoms with Gasteiger partial charge in [0.15, 0.2) is 11.6 Å². The normalized spacial score (nSPS) is 18.0. The number of fused-ring (bicyclic) bond motifs is 5. The molecule has 0 radical (unpaired) electrons. The molecule has 6 rings (SSSR count). The van der Waals surface area contributed by atoms with Crippen LogP contribution in [-0.2, 0) is 4.79 Å². The number of benzene rings is 2. The number of carbonyl (C=O) groups excluding carboxylic acids is 1. The number of anilines is 1. The summed E-state index contributed by atoms with van der Waals surface area (Å²) in [6, 6.07) is 5.31. The molecule has 2 aromatic carbocycles. The maximum atomic E-state index is 16.2. The molecule has 2 atom stereocenters. The third-order valence-corrected chi connectivity index (χ3v) is 8.28. The lowest BCUT2D eigenvalue weighted by Crippen LogP contribution is -2.58. The van der Waals surface area contributed by atoms with E-state index >= 15 is 13.2 Å². The van der Waals surface area contributed by atoms with E-state index in [0.29, 0.717) is 30.2 Å². The molecule has 0 unspecified atom stereocenters. The average molecular weight is 620 g/mol. The summed E-state index contributed by atoms with van der Waals surface area (Å²) in [5, 5.41) is 0.249. The summed E-state index contributed by atoms with van der Waals surface area (Å²) in [6.45, 7) is 11.5. The second-order valence-electron chi connectivity index (χ2n) is 11.6.